The number of rotatable bonds is 4. The van der Waals surface area contributed by atoms with E-state index in [0.29, 0.717) is 21.8 Å². The molecule has 23 heavy (non-hydrogen) atoms. The van der Waals surface area contributed by atoms with Crippen molar-refractivity contribution in [2.24, 2.45) is 0 Å². The highest BCUT2D eigenvalue weighted by molar-refractivity contribution is 14.1. The van der Waals surface area contributed by atoms with Gasteiger partial charge in [0.15, 0.2) is 0 Å². The lowest BCUT2D eigenvalue weighted by molar-refractivity contribution is 0.0944. The minimum Gasteiger partial charge on any atom is -0.350 e. The summed E-state index contributed by atoms with van der Waals surface area (Å²) in [6, 6.07) is 11.9. The quantitative estimate of drug-likeness (QED) is 0.692. The van der Waals surface area contributed by atoms with Gasteiger partial charge in [-0.25, -0.2) is 0 Å². The van der Waals surface area contributed by atoms with E-state index < -0.39 is 0 Å². The average Bonchev–Trinajstić information content (AvgIpc) is 2.49. The number of carbonyl (C=O) groups excluding carboxylic acids is 2. The number of anilines is 1. The van der Waals surface area contributed by atoms with Crippen LogP contribution in [0.15, 0.2) is 42.5 Å². The van der Waals surface area contributed by atoms with Crippen molar-refractivity contribution in [3.8, 4) is 0 Å². The van der Waals surface area contributed by atoms with Crippen LogP contribution < -0.4 is 10.6 Å². The molecule has 2 aromatic rings. The van der Waals surface area contributed by atoms with Crippen LogP contribution in [0.2, 0.25) is 5.02 Å². The first kappa shape index (κ1) is 17.7. The Morgan fingerprint density at radius 2 is 1.70 bits per heavy atom. The Bertz CT molecular complexity index is 730. The number of benzene rings is 2. The third-order valence-corrected chi connectivity index (χ3v) is 3.92. The van der Waals surface area contributed by atoms with Gasteiger partial charge in [-0.2, -0.15) is 0 Å². The minimum atomic E-state index is -0.290. The second kappa shape index (κ2) is 7.79. The summed E-state index contributed by atoms with van der Waals surface area (Å²) in [6.45, 7) is 3.77. The average molecular weight is 443 g/mol. The van der Waals surface area contributed by atoms with Gasteiger partial charge in [-0.15, -0.1) is 0 Å². The predicted molar refractivity (Wildman–Crippen MR) is 101 cm³/mol. The van der Waals surface area contributed by atoms with Gasteiger partial charge in [0.25, 0.3) is 11.8 Å². The van der Waals surface area contributed by atoms with Crippen molar-refractivity contribution in [1.82, 2.24) is 5.32 Å². The molecule has 2 amide bonds. The zero-order valence-electron chi connectivity index (χ0n) is 12.7. The van der Waals surface area contributed by atoms with Crippen LogP contribution in [-0.4, -0.2) is 17.9 Å². The lowest BCUT2D eigenvalue weighted by Crippen LogP contribution is -2.31. The highest BCUT2D eigenvalue weighted by Crippen LogP contribution is 2.20. The molecule has 0 aliphatic heterocycles. The van der Waals surface area contributed by atoms with E-state index >= 15 is 0 Å². The van der Waals surface area contributed by atoms with Crippen LogP contribution in [-0.2, 0) is 0 Å². The van der Waals surface area contributed by atoms with Crippen LogP contribution >= 0.6 is 34.2 Å². The van der Waals surface area contributed by atoms with Crippen molar-refractivity contribution in [2.75, 3.05) is 5.32 Å². The van der Waals surface area contributed by atoms with E-state index in [1.165, 1.54) is 0 Å². The van der Waals surface area contributed by atoms with Gasteiger partial charge in [-0.1, -0.05) is 11.6 Å². The van der Waals surface area contributed by atoms with Crippen molar-refractivity contribution in [2.45, 2.75) is 19.9 Å². The van der Waals surface area contributed by atoms with Crippen molar-refractivity contribution in [1.29, 1.82) is 0 Å². The highest BCUT2D eigenvalue weighted by atomic mass is 127. The molecule has 0 unspecified atom stereocenters. The molecule has 2 aromatic carbocycles. The molecule has 0 aliphatic carbocycles. The van der Waals surface area contributed by atoms with Gasteiger partial charge in [0.1, 0.15) is 0 Å². The van der Waals surface area contributed by atoms with E-state index in [2.05, 4.69) is 33.2 Å². The molecule has 0 heterocycles. The molecular formula is C17H16ClIN2O2. The van der Waals surface area contributed by atoms with Gasteiger partial charge in [-0.05, 0) is 78.9 Å². The fourth-order valence-electron chi connectivity index (χ4n) is 1.95. The summed E-state index contributed by atoms with van der Waals surface area (Å²) in [5, 5.41) is 6.18. The van der Waals surface area contributed by atoms with Gasteiger partial charge < -0.3 is 10.6 Å². The summed E-state index contributed by atoms with van der Waals surface area (Å²) < 4.78 is 0.918. The SMILES string of the molecule is CC(C)NC(=O)c1cc(I)ccc1NC(=O)c1ccc(Cl)cc1. The third-order valence-electron chi connectivity index (χ3n) is 3.00. The Morgan fingerprint density at radius 3 is 2.30 bits per heavy atom. The van der Waals surface area contributed by atoms with Gasteiger partial charge in [0, 0.05) is 20.2 Å². The maximum absolute atomic E-state index is 12.3. The molecule has 0 saturated carbocycles. The molecule has 0 radical (unpaired) electrons. The zero-order chi connectivity index (χ0) is 17.0. The molecule has 6 heteroatoms. The Balaban J connectivity index is 2.27. The van der Waals surface area contributed by atoms with E-state index in [1.807, 2.05) is 19.9 Å². The van der Waals surface area contributed by atoms with Gasteiger partial charge in [0.2, 0.25) is 0 Å². The van der Waals surface area contributed by atoms with Gasteiger partial charge in [-0.3, -0.25) is 9.59 Å². The van der Waals surface area contributed by atoms with Gasteiger partial charge in [0.05, 0.1) is 11.3 Å². The Hall–Kier alpha value is -1.60. The van der Waals surface area contributed by atoms with E-state index in [-0.39, 0.29) is 17.9 Å². The van der Waals surface area contributed by atoms with Crippen LogP contribution in [0.25, 0.3) is 0 Å². The zero-order valence-corrected chi connectivity index (χ0v) is 15.6. The Morgan fingerprint density at radius 1 is 1.04 bits per heavy atom. The first-order valence-electron chi connectivity index (χ1n) is 7.04. The van der Waals surface area contributed by atoms with Crippen molar-refractivity contribution in [3.05, 3.63) is 62.2 Å². The summed E-state index contributed by atoms with van der Waals surface area (Å²) in [5.74, 6) is -0.508. The second-order valence-electron chi connectivity index (χ2n) is 5.28. The van der Waals surface area contributed by atoms with E-state index in [9.17, 15) is 9.59 Å². The highest BCUT2D eigenvalue weighted by Gasteiger charge is 2.15. The third kappa shape index (κ3) is 4.94. The van der Waals surface area contributed by atoms with Crippen LogP contribution in [0.5, 0.6) is 0 Å². The molecule has 0 spiro atoms. The summed E-state index contributed by atoms with van der Waals surface area (Å²) in [6.07, 6.45) is 0. The standard InChI is InChI=1S/C17H16ClIN2O2/c1-10(2)20-17(23)14-9-13(19)7-8-15(14)21-16(22)11-3-5-12(18)6-4-11/h3-10H,1-2H3,(H,20,23)(H,21,22). The van der Waals surface area contributed by atoms with Crippen molar-refractivity contribution < 1.29 is 9.59 Å². The second-order valence-corrected chi connectivity index (χ2v) is 6.96. The molecule has 0 bridgehead atoms. The lowest BCUT2D eigenvalue weighted by Gasteiger charge is -2.14. The van der Waals surface area contributed by atoms with E-state index in [1.54, 1.807) is 36.4 Å². The van der Waals surface area contributed by atoms with Crippen LogP contribution in [0.1, 0.15) is 34.6 Å². The molecule has 2 rings (SSSR count). The number of hydrogen-bond donors (Lipinski definition) is 2. The predicted octanol–water partition coefficient (Wildman–Crippen LogP) is 4.34. The summed E-state index contributed by atoms with van der Waals surface area (Å²) in [5.41, 5.74) is 1.39. The molecule has 2 N–H and O–H groups in total. The van der Waals surface area contributed by atoms with Crippen molar-refractivity contribution in [3.63, 3.8) is 0 Å². The largest absolute Gasteiger partial charge is 0.350 e. The lowest BCUT2D eigenvalue weighted by atomic mass is 10.1. The first-order valence-corrected chi connectivity index (χ1v) is 8.50. The maximum atomic E-state index is 12.3. The normalized spacial score (nSPS) is 10.5. The van der Waals surface area contributed by atoms with Crippen LogP contribution in [0.4, 0.5) is 5.69 Å². The molecule has 0 aliphatic rings. The number of carbonyl (C=O) groups is 2. The Labute approximate surface area is 153 Å². The molecule has 0 saturated heterocycles. The monoisotopic (exact) mass is 442 g/mol. The van der Waals surface area contributed by atoms with Crippen molar-refractivity contribution >= 4 is 51.7 Å². The fraction of sp³-hybridized carbons (Fsp3) is 0.176. The molecule has 0 aromatic heterocycles. The van der Waals surface area contributed by atoms with E-state index in [4.69, 9.17) is 11.6 Å². The number of amides is 2. The number of halogens is 2. The first-order chi connectivity index (χ1) is 10.9. The maximum Gasteiger partial charge on any atom is 0.255 e. The van der Waals surface area contributed by atoms with Crippen LogP contribution in [0, 0.1) is 3.57 Å². The summed E-state index contributed by atoms with van der Waals surface area (Å²) >= 11 is 7.95. The number of nitrogens with one attached hydrogen (secondary N) is 2. The smallest absolute Gasteiger partial charge is 0.255 e. The molecule has 0 atom stereocenters. The summed E-state index contributed by atoms with van der Waals surface area (Å²) in [7, 11) is 0. The summed E-state index contributed by atoms with van der Waals surface area (Å²) in [4.78, 5) is 24.6. The van der Waals surface area contributed by atoms with Gasteiger partial charge >= 0.3 is 0 Å². The number of hydrogen-bond acceptors (Lipinski definition) is 2. The Kier molecular flexibility index (Phi) is 6.01. The molecular weight excluding hydrogens is 427 g/mol. The van der Waals surface area contributed by atoms with Crippen LogP contribution in [0.3, 0.4) is 0 Å². The van der Waals surface area contributed by atoms with E-state index in [0.717, 1.165) is 3.57 Å². The molecule has 0 fully saturated rings. The fourth-order valence-corrected chi connectivity index (χ4v) is 2.57. The topological polar surface area (TPSA) is 58.2 Å². The molecule has 4 nitrogen and oxygen atoms in total. The minimum absolute atomic E-state index is 0.0141. The molecule has 120 valence electrons.